The lowest BCUT2D eigenvalue weighted by Crippen LogP contribution is -2.10. The van der Waals surface area contributed by atoms with Gasteiger partial charge in [0, 0.05) is 0 Å². The summed E-state index contributed by atoms with van der Waals surface area (Å²) in [6.45, 7) is 0. The van der Waals surface area contributed by atoms with Gasteiger partial charge in [-0.15, -0.1) is 0 Å². The molecule has 1 nitrogen and oxygen atoms in total. The summed E-state index contributed by atoms with van der Waals surface area (Å²) < 4.78 is 6.41. The molecule has 0 bridgehead atoms. The molecule has 0 atom stereocenters. The molecule has 3 heteroatoms. The molecule has 0 spiro atoms. The van der Waals surface area contributed by atoms with E-state index in [0.717, 1.165) is 21.4 Å². The van der Waals surface area contributed by atoms with Crippen molar-refractivity contribution in [2.75, 3.05) is 0 Å². The summed E-state index contributed by atoms with van der Waals surface area (Å²) in [6, 6.07) is 0. The summed E-state index contributed by atoms with van der Waals surface area (Å²) in [7, 11) is 0. The Morgan fingerprint density at radius 2 is 1.89 bits per heavy atom. The second-order valence-corrected chi connectivity index (χ2v) is 6.76. The first-order chi connectivity index (χ1) is 4.43. The fraction of sp³-hybridized carbons (Fsp3) is 1.00. The van der Waals surface area contributed by atoms with Crippen LogP contribution in [-0.4, -0.2) is 32.2 Å². The molecular weight excluding hydrogens is 142 g/mol. The monoisotopic (exact) mass is 156 g/mol. The highest BCUT2D eigenvalue weighted by Gasteiger charge is 2.14. The maximum absolute atomic E-state index is 5.36. The third kappa shape index (κ3) is 3.08. The van der Waals surface area contributed by atoms with E-state index in [1.165, 1.54) is 32.1 Å². The van der Waals surface area contributed by atoms with E-state index in [1.54, 1.807) is 0 Å². The van der Waals surface area contributed by atoms with Crippen LogP contribution in [0.5, 0.6) is 0 Å². The summed E-state index contributed by atoms with van der Waals surface area (Å²) in [5, 5.41) is 0. The molecule has 50 valence electrons. The van der Waals surface area contributed by atoms with Crippen LogP contribution in [0.4, 0.5) is 0 Å². The lowest BCUT2D eigenvalue weighted by molar-refractivity contribution is 0.476. The molecule has 0 heterocycles. The maximum atomic E-state index is 5.36. The summed E-state index contributed by atoms with van der Waals surface area (Å²) >= 11 is 0.922. The predicted molar refractivity (Wildman–Crippen MR) is 43.6 cm³/mol. The zero-order valence-corrected chi connectivity index (χ0v) is 9.64. The second kappa shape index (κ2) is 4.78. The van der Waals surface area contributed by atoms with Gasteiger partial charge in [-0.05, 0) is 0 Å². The Balaban J connectivity index is 2.08. The van der Waals surface area contributed by atoms with Gasteiger partial charge in [-0.2, -0.15) is 0 Å². The van der Waals surface area contributed by atoms with E-state index in [4.69, 9.17) is 2.84 Å². The Hall–Kier alpha value is 1.02. The van der Waals surface area contributed by atoms with Gasteiger partial charge < -0.3 is 2.84 Å². The second-order valence-electron chi connectivity index (χ2n) is 2.96. The highest BCUT2D eigenvalue weighted by atomic mass is 27.2. The fourth-order valence-corrected chi connectivity index (χ4v) is 4.39. The van der Waals surface area contributed by atoms with Crippen LogP contribution < -0.4 is 0 Å². The topological polar surface area (TPSA) is 9.23 Å². The smallest absolute Gasteiger partial charge is 0.408 e. The lowest BCUT2D eigenvalue weighted by Gasteiger charge is -2.19. The molecule has 0 N–H and O–H groups in total. The van der Waals surface area contributed by atoms with Crippen molar-refractivity contribution >= 4 is 32.2 Å². The fourth-order valence-electron chi connectivity index (χ4n) is 1.59. The molecule has 0 aromatic carbocycles. The third-order valence-electron chi connectivity index (χ3n) is 2.13. The highest BCUT2D eigenvalue weighted by molar-refractivity contribution is 6.36. The standard InChI is InChI=1S/C6H11.2Al.O.3H/c1-2-4-6-5-3-1;;;;;;/h1H,2-6H2;;;;;;. The van der Waals surface area contributed by atoms with Crippen molar-refractivity contribution in [1.82, 2.24) is 0 Å². The van der Waals surface area contributed by atoms with Crippen LogP contribution in [-0.2, 0) is 2.84 Å². The minimum absolute atomic E-state index is 0.0623. The van der Waals surface area contributed by atoms with Crippen LogP contribution in [0.3, 0.4) is 0 Å². The largest absolute Gasteiger partial charge is 0.644 e. The van der Waals surface area contributed by atoms with E-state index in [0.29, 0.717) is 0 Å². The van der Waals surface area contributed by atoms with Gasteiger partial charge in [0.1, 0.15) is 0 Å². The van der Waals surface area contributed by atoms with E-state index in [9.17, 15) is 0 Å². The molecule has 1 aliphatic carbocycles. The molecule has 0 saturated heterocycles. The van der Waals surface area contributed by atoms with E-state index in [1.807, 2.05) is 0 Å². The summed E-state index contributed by atoms with van der Waals surface area (Å²) in [5.74, 6) is 0. The van der Waals surface area contributed by atoms with Gasteiger partial charge in [0.25, 0.3) is 0 Å². The quantitative estimate of drug-likeness (QED) is 0.533. The average Bonchev–Trinajstić information content (AvgIpc) is 1.91. The maximum Gasteiger partial charge on any atom is 0.408 e. The van der Waals surface area contributed by atoms with Crippen molar-refractivity contribution in [3.8, 4) is 0 Å². The van der Waals surface area contributed by atoms with Crippen molar-refractivity contribution in [1.29, 1.82) is 0 Å². The van der Waals surface area contributed by atoms with Crippen molar-refractivity contribution in [2.45, 2.75) is 36.9 Å². The molecule has 0 aromatic heterocycles. The Morgan fingerprint density at radius 3 is 2.44 bits per heavy atom. The van der Waals surface area contributed by atoms with Gasteiger partial charge in [-0.3, -0.25) is 0 Å². The van der Waals surface area contributed by atoms with E-state index in [-0.39, 0.29) is 15.6 Å². The molecule has 1 rings (SSSR count). The summed E-state index contributed by atoms with van der Waals surface area (Å²) in [6.07, 6.45) is 7.39. The Bertz CT molecular complexity index is 68.7. The van der Waals surface area contributed by atoms with Crippen molar-refractivity contribution in [3.63, 3.8) is 0 Å². The normalized spacial score (nSPS) is 21.8. The van der Waals surface area contributed by atoms with Crippen molar-refractivity contribution in [3.05, 3.63) is 0 Å². The van der Waals surface area contributed by atoms with Gasteiger partial charge in [0.2, 0.25) is 0 Å². The van der Waals surface area contributed by atoms with Crippen LogP contribution in [0.25, 0.3) is 0 Å². The molecule has 0 aromatic rings. The highest BCUT2D eigenvalue weighted by Crippen LogP contribution is 2.27. The number of rotatable bonds is 2. The van der Waals surface area contributed by atoms with Gasteiger partial charge >= 0.3 is 32.2 Å². The lowest BCUT2D eigenvalue weighted by atomic mass is 10.0. The zero-order chi connectivity index (χ0) is 6.53. The molecule has 0 amide bonds. The summed E-state index contributed by atoms with van der Waals surface area (Å²) in [4.78, 5) is 0. The first-order valence-corrected chi connectivity index (χ1v) is 6.13. The van der Waals surface area contributed by atoms with Gasteiger partial charge in [-0.25, -0.2) is 0 Å². The molecule has 0 unspecified atom stereocenters. The molecule has 0 aliphatic heterocycles. The number of hydrogen-bond acceptors (Lipinski definition) is 1. The zero-order valence-electron chi connectivity index (χ0n) is 6.23. The van der Waals surface area contributed by atoms with Crippen molar-refractivity contribution < 1.29 is 2.84 Å². The SMILES string of the molecule is [AlH2][O][AlH][CH]1CCCCC1. The van der Waals surface area contributed by atoms with Crippen LogP contribution in [0, 0.1) is 0 Å². The van der Waals surface area contributed by atoms with Crippen molar-refractivity contribution in [2.24, 2.45) is 0 Å². The minimum Gasteiger partial charge on any atom is -0.644 e. The Labute approximate surface area is 72.0 Å². The first-order valence-electron chi connectivity index (χ1n) is 3.92. The summed E-state index contributed by atoms with van der Waals surface area (Å²) in [5.41, 5.74) is 0. The van der Waals surface area contributed by atoms with E-state index in [2.05, 4.69) is 0 Å². The number of hydrogen-bond donors (Lipinski definition) is 0. The van der Waals surface area contributed by atoms with Gasteiger partial charge in [-0.1, -0.05) is 36.9 Å². The molecule has 1 saturated carbocycles. The van der Waals surface area contributed by atoms with Gasteiger partial charge in [0.05, 0.1) is 0 Å². The third-order valence-corrected chi connectivity index (χ3v) is 4.75. The van der Waals surface area contributed by atoms with Gasteiger partial charge in [0.15, 0.2) is 0 Å². The molecule has 1 fully saturated rings. The minimum atomic E-state index is -0.0623. The Kier molecular flexibility index (Phi) is 4.32. The van der Waals surface area contributed by atoms with Crippen LogP contribution in [0.2, 0.25) is 4.78 Å². The van der Waals surface area contributed by atoms with Crippen LogP contribution in [0.1, 0.15) is 32.1 Å². The van der Waals surface area contributed by atoms with E-state index < -0.39 is 0 Å². The Morgan fingerprint density at radius 1 is 1.22 bits per heavy atom. The average molecular weight is 156 g/mol. The molecule has 1 aliphatic rings. The first kappa shape index (κ1) is 8.12. The molecular formula is C6H14Al2O. The van der Waals surface area contributed by atoms with E-state index >= 15 is 0 Å². The van der Waals surface area contributed by atoms with Crippen LogP contribution in [0.15, 0.2) is 0 Å². The predicted octanol–water partition coefficient (Wildman–Crippen LogP) is 0.655. The molecule has 9 heavy (non-hydrogen) atoms. The van der Waals surface area contributed by atoms with Crippen LogP contribution >= 0.6 is 0 Å². The molecule has 0 radical (unpaired) electrons.